The Balaban J connectivity index is 2.38. The number of sulfonamides is 1. The molecule has 7 heteroatoms. The Morgan fingerprint density at radius 3 is 2.63 bits per heavy atom. The second kappa shape index (κ2) is 5.18. The van der Waals surface area contributed by atoms with Gasteiger partial charge in [-0.05, 0) is 52.7 Å². The molecule has 0 atom stereocenters. The minimum atomic E-state index is -3.67. The van der Waals surface area contributed by atoms with Crippen LogP contribution >= 0.6 is 15.9 Å². The molecule has 2 aromatic rings. The summed E-state index contributed by atoms with van der Waals surface area (Å²) < 4.78 is 27.4. The summed E-state index contributed by atoms with van der Waals surface area (Å²) in [6.45, 7) is 1.84. The molecule has 0 aliphatic carbocycles. The lowest BCUT2D eigenvalue weighted by Gasteiger charge is -2.10. The number of aryl methyl sites for hydroxylation is 1. The van der Waals surface area contributed by atoms with Crippen LogP contribution in [0.15, 0.2) is 46.0 Å². The zero-order valence-electron chi connectivity index (χ0n) is 10.1. The zero-order chi connectivity index (χ0) is 14.0. The molecule has 0 saturated heterocycles. The minimum Gasteiger partial charge on any atom is -0.399 e. The number of nitrogens with one attached hydrogen (secondary N) is 1. The highest BCUT2D eigenvalue weighted by atomic mass is 79.9. The van der Waals surface area contributed by atoms with Crippen LogP contribution in [0.25, 0.3) is 0 Å². The first-order valence-electron chi connectivity index (χ1n) is 5.38. The number of nitrogen functional groups attached to an aromatic ring is 1. The largest absolute Gasteiger partial charge is 0.399 e. The molecular formula is C12H12BrN3O2S. The van der Waals surface area contributed by atoms with E-state index >= 15 is 0 Å². The van der Waals surface area contributed by atoms with Crippen molar-refractivity contribution in [3.05, 3.63) is 46.7 Å². The van der Waals surface area contributed by atoms with Crippen LogP contribution in [0.4, 0.5) is 11.4 Å². The third-order valence-electron chi connectivity index (χ3n) is 2.37. The second-order valence-electron chi connectivity index (χ2n) is 4.05. The molecule has 0 amide bonds. The Labute approximate surface area is 120 Å². The lowest BCUT2D eigenvalue weighted by atomic mass is 10.3. The van der Waals surface area contributed by atoms with Crippen molar-refractivity contribution in [2.45, 2.75) is 11.8 Å². The molecule has 19 heavy (non-hydrogen) atoms. The van der Waals surface area contributed by atoms with Crippen molar-refractivity contribution in [1.29, 1.82) is 0 Å². The van der Waals surface area contributed by atoms with Gasteiger partial charge in [-0.15, -0.1) is 0 Å². The number of nitrogens with two attached hydrogens (primary N) is 1. The van der Waals surface area contributed by atoms with Gasteiger partial charge in [0.2, 0.25) is 0 Å². The molecule has 1 aromatic heterocycles. The van der Waals surface area contributed by atoms with E-state index in [1.165, 1.54) is 18.3 Å². The number of aromatic nitrogens is 1. The molecule has 0 radical (unpaired) electrons. The van der Waals surface area contributed by atoms with Crippen LogP contribution < -0.4 is 10.5 Å². The van der Waals surface area contributed by atoms with Crippen molar-refractivity contribution in [2.24, 2.45) is 0 Å². The van der Waals surface area contributed by atoms with Crippen LogP contribution in [0.3, 0.4) is 0 Å². The molecule has 0 spiro atoms. The van der Waals surface area contributed by atoms with E-state index in [1.807, 2.05) is 6.92 Å². The first-order chi connectivity index (χ1) is 8.88. The Hall–Kier alpha value is -1.60. The highest BCUT2D eigenvalue weighted by molar-refractivity contribution is 9.10. The van der Waals surface area contributed by atoms with E-state index < -0.39 is 10.0 Å². The van der Waals surface area contributed by atoms with Crippen LogP contribution in [0, 0.1) is 6.92 Å². The first-order valence-corrected chi connectivity index (χ1v) is 7.65. The van der Waals surface area contributed by atoms with Crippen molar-refractivity contribution in [2.75, 3.05) is 10.5 Å². The smallest absolute Gasteiger partial charge is 0.263 e. The van der Waals surface area contributed by atoms with Gasteiger partial charge < -0.3 is 5.73 Å². The summed E-state index contributed by atoms with van der Waals surface area (Å²) >= 11 is 3.20. The van der Waals surface area contributed by atoms with Crippen molar-refractivity contribution in [3.63, 3.8) is 0 Å². The van der Waals surface area contributed by atoms with Gasteiger partial charge in [0.1, 0.15) is 4.90 Å². The summed E-state index contributed by atoms with van der Waals surface area (Å²) in [5.74, 6) is 0. The maximum atomic E-state index is 12.2. The Kier molecular flexibility index (Phi) is 3.77. The summed E-state index contributed by atoms with van der Waals surface area (Å²) in [6.07, 6.45) is 3.10. The lowest BCUT2D eigenvalue weighted by molar-refractivity contribution is 0.601. The number of rotatable bonds is 3. The number of anilines is 2. The van der Waals surface area contributed by atoms with Gasteiger partial charge in [-0.2, -0.15) is 0 Å². The van der Waals surface area contributed by atoms with Gasteiger partial charge in [-0.1, -0.05) is 0 Å². The fourth-order valence-corrected chi connectivity index (χ4v) is 3.69. The summed E-state index contributed by atoms with van der Waals surface area (Å²) in [5, 5.41) is 0. The molecule has 100 valence electrons. The van der Waals surface area contributed by atoms with Gasteiger partial charge in [-0.3, -0.25) is 9.71 Å². The molecule has 0 aliphatic heterocycles. The van der Waals surface area contributed by atoms with Crippen LogP contribution in [0.1, 0.15) is 5.56 Å². The average molecular weight is 342 g/mol. The predicted molar refractivity (Wildman–Crippen MR) is 78.3 cm³/mol. The van der Waals surface area contributed by atoms with E-state index in [1.54, 1.807) is 18.3 Å². The van der Waals surface area contributed by atoms with Gasteiger partial charge in [0.05, 0.1) is 11.9 Å². The van der Waals surface area contributed by atoms with Crippen LogP contribution in [0.5, 0.6) is 0 Å². The molecule has 5 nitrogen and oxygen atoms in total. The first kappa shape index (κ1) is 13.8. The average Bonchev–Trinajstić information content (AvgIpc) is 2.27. The van der Waals surface area contributed by atoms with Crippen LogP contribution in [-0.2, 0) is 10.0 Å². The molecule has 3 N–H and O–H groups in total. The predicted octanol–water partition coefficient (Wildman–Crippen LogP) is 2.54. The van der Waals surface area contributed by atoms with E-state index in [9.17, 15) is 8.42 Å². The minimum absolute atomic E-state index is 0.128. The van der Waals surface area contributed by atoms with E-state index in [2.05, 4.69) is 25.6 Å². The SMILES string of the molecule is Cc1cncc(NS(=O)(=O)c2ccc(N)cc2Br)c1. The number of pyridine rings is 1. The highest BCUT2D eigenvalue weighted by Crippen LogP contribution is 2.26. The summed E-state index contributed by atoms with van der Waals surface area (Å²) in [4.78, 5) is 4.07. The van der Waals surface area contributed by atoms with Gasteiger partial charge in [0.15, 0.2) is 0 Å². The fourth-order valence-electron chi connectivity index (χ4n) is 1.56. The molecule has 0 unspecified atom stereocenters. The van der Waals surface area contributed by atoms with Crippen molar-refractivity contribution < 1.29 is 8.42 Å². The number of benzene rings is 1. The summed E-state index contributed by atoms with van der Waals surface area (Å²) in [7, 11) is -3.67. The number of halogens is 1. The summed E-state index contributed by atoms with van der Waals surface area (Å²) in [6, 6.07) is 6.23. The van der Waals surface area contributed by atoms with Crippen LogP contribution in [0.2, 0.25) is 0 Å². The quantitative estimate of drug-likeness (QED) is 0.840. The molecule has 0 aliphatic rings. The lowest BCUT2D eigenvalue weighted by Crippen LogP contribution is -2.14. The Morgan fingerprint density at radius 1 is 1.26 bits per heavy atom. The van der Waals surface area contributed by atoms with E-state index in [4.69, 9.17) is 5.73 Å². The summed E-state index contributed by atoms with van der Waals surface area (Å²) in [5.41, 5.74) is 7.37. The van der Waals surface area contributed by atoms with Crippen molar-refractivity contribution in [1.82, 2.24) is 4.98 Å². The molecule has 0 bridgehead atoms. The monoisotopic (exact) mass is 341 g/mol. The topological polar surface area (TPSA) is 85.1 Å². The number of hydrogen-bond donors (Lipinski definition) is 2. The Morgan fingerprint density at radius 2 is 2.00 bits per heavy atom. The number of hydrogen-bond acceptors (Lipinski definition) is 4. The van der Waals surface area contributed by atoms with E-state index in [0.717, 1.165) is 5.56 Å². The van der Waals surface area contributed by atoms with E-state index in [0.29, 0.717) is 15.8 Å². The number of nitrogens with zero attached hydrogens (tertiary/aromatic N) is 1. The molecular weight excluding hydrogens is 330 g/mol. The second-order valence-corrected chi connectivity index (χ2v) is 6.55. The molecule has 2 rings (SSSR count). The maximum absolute atomic E-state index is 12.2. The van der Waals surface area contributed by atoms with Gasteiger partial charge in [0.25, 0.3) is 10.0 Å². The van der Waals surface area contributed by atoms with Crippen molar-refractivity contribution >= 4 is 37.3 Å². The standard InChI is InChI=1S/C12H12BrN3O2S/c1-8-4-10(7-15-6-8)16-19(17,18)12-3-2-9(14)5-11(12)13/h2-7,16H,14H2,1H3. The van der Waals surface area contributed by atoms with Gasteiger partial charge in [0, 0.05) is 16.4 Å². The van der Waals surface area contributed by atoms with Crippen LogP contribution in [-0.4, -0.2) is 13.4 Å². The molecule has 0 fully saturated rings. The highest BCUT2D eigenvalue weighted by Gasteiger charge is 2.17. The third-order valence-corrected chi connectivity index (χ3v) is 4.73. The van der Waals surface area contributed by atoms with Gasteiger partial charge in [-0.25, -0.2) is 8.42 Å². The maximum Gasteiger partial charge on any atom is 0.263 e. The third kappa shape index (κ3) is 3.24. The Bertz CT molecular complexity index is 717. The molecule has 0 saturated carbocycles. The van der Waals surface area contributed by atoms with Gasteiger partial charge >= 0.3 is 0 Å². The zero-order valence-corrected chi connectivity index (χ0v) is 12.5. The fraction of sp³-hybridized carbons (Fsp3) is 0.0833. The normalized spacial score (nSPS) is 11.3. The van der Waals surface area contributed by atoms with Crippen molar-refractivity contribution in [3.8, 4) is 0 Å². The molecule has 1 heterocycles. The molecule has 1 aromatic carbocycles. The van der Waals surface area contributed by atoms with E-state index in [-0.39, 0.29) is 4.90 Å².